The number of benzene rings is 1. The van der Waals surface area contributed by atoms with Gasteiger partial charge in [-0.15, -0.1) is 0 Å². The average molecular weight is 284 g/mol. The van der Waals surface area contributed by atoms with Crippen LogP contribution in [0.1, 0.15) is 24.8 Å². The molecule has 0 bridgehead atoms. The molecule has 112 valence electrons. The van der Waals surface area contributed by atoms with Crippen LogP contribution in [0, 0.1) is 0 Å². The number of hydrogen-bond donors (Lipinski definition) is 1. The minimum Gasteiger partial charge on any atom is -0.399 e. The summed E-state index contributed by atoms with van der Waals surface area (Å²) in [6.45, 7) is 5.47. The molecule has 2 N–H and O–H groups in total. The van der Waals surface area contributed by atoms with Crippen molar-refractivity contribution < 1.29 is 0 Å². The summed E-state index contributed by atoms with van der Waals surface area (Å²) in [4.78, 5) is 9.36. The van der Waals surface area contributed by atoms with Crippen molar-refractivity contribution in [3.05, 3.63) is 36.0 Å². The van der Waals surface area contributed by atoms with E-state index in [1.165, 1.54) is 43.5 Å². The van der Waals surface area contributed by atoms with E-state index in [4.69, 9.17) is 5.73 Å². The van der Waals surface area contributed by atoms with Gasteiger partial charge in [0.05, 0.1) is 0 Å². The van der Waals surface area contributed by atoms with Gasteiger partial charge in [0.2, 0.25) is 0 Å². The molecular weight excluding hydrogens is 260 g/mol. The molecule has 2 aliphatic heterocycles. The maximum Gasteiger partial charge on any atom is 0.109 e. The molecule has 0 saturated carbocycles. The van der Waals surface area contributed by atoms with Crippen LogP contribution >= 0.6 is 0 Å². The molecule has 0 unspecified atom stereocenters. The number of nitrogens with zero attached hydrogens (tertiary/aromatic N) is 3. The Balaban J connectivity index is 1.59. The van der Waals surface area contributed by atoms with E-state index in [1.807, 2.05) is 18.3 Å². The molecule has 21 heavy (non-hydrogen) atoms. The highest BCUT2D eigenvalue weighted by Crippen LogP contribution is 2.18. The molecule has 4 heteroatoms. The van der Waals surface area contributed by atoms with Crippen molar-refractivity contribution in [2.45, 2.75) is 19.3 Å². The molecule has 2 heterocycles. The fourth-order valence-corrected chi connectivity index (χ4v) is 2.93. The number of piperidine rings is 1. The second-order valence-electron chi connectivity index (χ2n) is 5.87. The molecule has 1 fully saturated rings. The van der Waals surface area contributed by atoms with E-state index in [9.17, 15) is 0 Å². The van der Waals surface area contributed by atoms with Crippen LogP contribution < -0.4 is 5.73 Å². The highest BCUT2D eigenvalue weighted by atomic mass is 15.2. The first kappa shape index (κ1) is 14.1. The maximum absolute atomic E-state index is 5.74. The van der Waals surface area contributed by atoms with Gasteiger partial charge in [0.25, 0.3) is 0 Å². The van der Waals surface area contributed by atoms with Gasteiger partial charge in [0, 0.05) is 36.8 Å². The predicted octanol–water partition coefficient (Wildman–Crippen LogP) is 2.44. The standard InChI is InChI=1S/C17H24N4/c18-17-6-4-15(5-7-17)16-12-19-14-21(13-16)11-10-20-8-2-1-3-9-20/h4-7,12-13H,1-3,8-11,14,18H2. The molecule has 0 aliphatic carbocycles. The van der Waals surface area contributed by atoms with Crippen molar-refractivity contribution in [3.63, 3.8) is 0 Å². The molecule has 0 atom stereocenters. The van der Waals surface area contributed by atoms with Gasteiger partial charge < -0.3 is 15.5 Å². The molecule has 2 aliphatic rings. The highest BCUT2D eigenvalue weighted by molar-refractivity contribution is 6.10. The van der Waals surface area contributed by atoms with Crippen LogP contribution in [0.15, 0.2) is 35.5 Å². The summed E-state index contributed by atoms with van der Waals surface area (Å²) < 4.78 is 0. The molecule has 3 rings (SSSR count). The second kappa shape index (κ2) is 6.76. The summed E-state index contributed by atoms with van der Waals surface area (Å²) in [5.41, 5.74) is 8.89. The van der Waals surface area contributed by atoms with E-state index >= 15 is 0 Å². The normalized spacial score (nSPS) is 19.6. The first-order valence-corrected chi connectivity index (χ1v) is 7.85. The molecule has 1 aromatic rings. The van der Waals surface area contributed by atoms with Gasteiger partial charge in [-0.05, 0) is 43.6 Å². The topological polar surface area (TPSA) is 44.9 Å². The lowest BCUT2D eigenvalue weighted by Gasteiger charge is -2.30. The molecular formula is C17H24N4. The van der Waals surface area contributed by atoms with E-state index in [-0.39, 0.29) is 0 Å². The number of rotatable bonds is 4. The number of nitrogen functional groups attached to an aromatic ring is 1. The summed E-state index contributed by atoms with van der Waals surface area (Å²) in [7, 11) is 0. The summed E-state index contributed by atoms with van der Waals surface area (Å²) in [6, 6.07) is 8.00. The summed E-state index contributed by atoms with van der Waals surface area (Å²) in [6.07, 6.45) is 8.28. The van der Waals surface area contributed by atoms with Gasteiger partial charge in [0.15, 0.2) is 0 Å². The van der Waals surface area contributed by atoms with Gasteiger partial charge >= 0.3 is 0 Å². The lowest BCUT2D eigenvalue weighted by molar-refractivity contribution is 0.205. The number of allylic oxidation sites excluding steroid dienone is 1. The Hall–Kier alpha value is -1.81. The van der Waals surface area contributed by atoms with Crippen LogP contribution in [0.25, 0.3) is 5.57 Å². The van der Waals surface area contributed by atoms with Gasteiger partial charge in [-0.2, -0.15) is 0 Å². The van der Waals surface area contributed by atoms with E-state index < -0.39 is 0 Å². The molecule has 1 saturated heterocycles. The Labute approximate surface area is 126 Å². The van der Waals surface area contributed by atoms with Crippen molar-refractivity contribution in [3.8, 4) is 0 Å². The third-order valence-corrected chi connectivity index (χ3v) is 4.21. The van der Waals surface area contributed by atoms with E-state index in [0.717, 1.165) is 25.4 Å². The molecule has 4 nitrogen and oxygen atoms in total. The van der Waals surface area contributed by atoms with Crippen LogP contribution in [-0.2, 0) is 0 Å². The fourth-order valence-electron chi connectivity index (χ4n) is 2.93. The number of nitrogens with two attached hydrogens (primary N) is 1. The van der Waals surface area contributed by atoms with E-state index in [1.54, 1.807) is 0 Å². The average Bonchev–Trinajstić information content (AvgIpc) is 2.55. The second-order valence-corrected chi connectivity index (χ2v) is 5.87. The number of aliphatic imine (C=N–C) groups is 1. The van der Waals surface area contributed by atoms with Gasteiger partial charge in [-0.1, -0.05) is 18.6 Å². The van der Waals surface area contributed by atoms with Crippen molar-refractivity contribution >= 4 is 17.5 Å². The van der Waals surface area contributed by atoms with Gasteiger partial charge in [-0.25, -0.2) is 0 Å². The molecule has 0 spiro atoms. The van der Waals surface area contributed by atoms with E-state index in [0.29, 0.717) is 0 Å². The van der Waals surface area contributed by atoms with Gasteiger partial charge in [-0.3, -0.25) is 4.99 Å². The highest BCUT2D eigenvalue weighted by Gasteiger charge is 2.12. The van der Waals surface area contributed by atoms with Crippen molar-refractivity contribution in [2.24, 2.45) is 4.99 Å². The molecule has 0 amide bonds. The number of likely N-dealkylation sites (tertiary alicyclic amines) is 1. The fraction of sp³-hybridized carbons (Fsp3) is 0.471. The van der Waals surface area contributed by atoms with Crippen molar-refractivity contribution in [1.82, 2.24) is 9.80 Å². The minimum absolute atomic E-state index is 0.770. The monoisotopic (exact) mass is 284 g/mol. The predicted molar refractivity (Wildman–Crippen MR) is 89.2 cm³/mol. The smallest absolute Gasteiger partial charge is 0.109 e. The van der Waals surface area contributed by atoms with Crippen LogP contribution in [0.2, 0.25) is 0 Å². The summed E-state index contributed by atoms with van der Waals surface area (Å²) in [5.74, 6) is 0. The first-order chi connectivity index (χ1) is 10.3. The van der Waals surface area contributed by atoms with Crippen molar-refractivity contribution in [2.75, 3.05) is 38.6 Å². The Morgan fingerprint density at radius 3 is 2.52 bits per heavy atom. The van der Waals surface area contributed by atoms with E-state index in [2.05, 4.69) is 33.1 Å². The first-order valence-electron chi connectivity index (χ1n) is 7.85. The Kier molecular flexibility index (Phi) is 4.55. The molecule has 0 radical (unpaired) electrons. The quantitative estimate of drug-likeness (QED) is 0.864. The molecule has 1 aromatic carbocycles. The van der Waals surface area contributed by atoms with Crippen LogP contribution in [0.4, 0.5) is 5.69 Å². The Bertz CT molecular complexity index is 512. The SMILES string of the molecule is Nc1ccc(C2=CN(CCN3CCCCC3)CN=C2)cc1. The van der Waals surface area contributed by atoms with Crippen LogP contribution in [-0.4, -0.2) is 48.9 Å². The number of anilines is 1. The zero-order valence-corrected chi connectivity index (χ0v) is 12.5. The lowest BCUT2D eigenvalue weighted by Crippen LogP contribution is -2.36. The largest absolute Gasteiger partial charge is 0.399 e. The lowest BCUT2D eigenvalue weighted by atomic mass is 10.1. The van der Waals surface area contributed by atoms with Crippen LogP contribution in [0.5, 0.6) is 0 Å². The zero-order valence-electron chi connectivity index (χ0n) is 12.5. The third-order valence-electron chi connectivity index (χ3n) is 4.21. The number of hydrogen-bond acceptors (Lipinski definition) is 4. The van der Waals surface area contributed by atoms with Gasteiger partial charge in [0.1, 0.15) is 6.67 Å². The van der Waals surface area contributed by atoms with Crippen molar-refractivity contribution in [1.29, 1.82) is 0 Å². The summed E-state index contributed by atoms with van der Waals surface area (Å²) >= 11 is 0. The minimum atomic E-state index is 0.770. The van der Waals surface area contributed by atoms with Crippen LogP contribution in [0.3, 0.4) is 0 Å². The third kappa shape index (κ3) is 3.85. The Morgan fingerprint density at radius 1 is 1.00 bits per heavy atom. The summed E-state index contributed by atoms with van der Waals surface area (Å²) in [5, 5.41) is 0. The maximum atomic E-state index is 5.74. The Morgan fingerprint density at radius 2 is 1.76 bits per heavy atom. The zero-order chi connectivity index (χ0) is 14.5. The molecule has 0 aromatic heterocycles.